The minimum atomic E-state index is -4.58. The molecular weight excluding hydrogens is 426 g/mol. The van der Waals surface area contributed by atoms with Crippen LogP contribution in [0.4, 0.5) is 38.2 Å². The Bertz CT molecular complexity index is 724. The van der Waals surface area contributed by atoms with Gasteiger partial charge in [0.25, 0.3) is 5.92 Å². The fourth-order valence-electron chi connectivity index (χ4n) is 1.74. The second-order valence-corrected chi connectivity index (χ2v) is 6.37. The molecule has 0 fully saturated rings. The maximum atomic E-state index is 13.4. The molecule has 0 spiro atoms. The SMILES string of the molecule is CN/C(Cl)=C\C=C/Cc1nc(N[C@H](C)C(F)(F)F)nc(N[C@H](C)C(F)(F)CF)n1. The van der Waals surface area contributed by atoms with Gasteiger partial charge in [-0.15, -0.1) is 0 Å². The molecule has 0 unspecified atom stereocenters. The van der Waals surface area contributed by atoms with Gasteiger partial charge in [-0.1, -0.05) is 23.8 Å². The summed E-state index contributed by atoms with van der Waals surface area (Å²) in [6.45, 7) is -0.0730. The molecule has 0 amide bonds. The maximum absolute atomic E-state index is 13.4. The van der Waals surface area contributed by atoms with Crippen LogP contribution in [0.25, 0.3) is 0 Å². The smallest absolute Gasteiger partial charge is 0.379 e. The Morgan fingerprint density at radius 3 is 2.07 bits per heavy atom. The average Bonchev–Trinajstić information content (AvgIpc) is 2.63. The summed E-state index contributed by atoms with van der Waals surface area (Å²) in [6, 6.07) is -3.70. The summed E-state index contributed by atoms with van der Waals surface area (Å²) < 4.78 is 77.7. The van der Waals surface area contributed by atoms with Crippen molar-refractivity contribution in [1.29, 1.82) is 0 Å². The number of alkyl halides is 6. The zero-order valence-corrected chi connectivity index (χ0v) is 16.5. The van der Waals surface area contributed by atoms with Crippen molar-refractivity contribution in [2.45, 2.75) is 44.5 Å². The van der Waals surface area contributed by atoms with E-state index >= 15 is 0 Å². The van der Waals surface area contributed by atoms with Crippen LogP contribution in [0, 0.1) is 0 Å². The number of allylic oxidation sites excluding steroid dienone is 3. The molecule has 0 aromatic carbocycles. The van der Waals surface area contributed by atoms with Crippen LogP contribution < -0.4 is 16.0 Å². The van der Waals surface area contributed by atoms with Crippen molar-refractivity contribution < 1.29 is 26.3 Å². The fourth-order valence-corrected chi connectivity index (χ4v) is 1.81. The van der Waals surface area contributed by atoms with Gasteiger partial charge in [0, 0.05) is 13.5 Å². The maximum Gasteiger partial charge on any atom is 0.408 e. The van der Waals surface area contributed by atoms with Crippen LogP contribution in [0.15, 0.2) is 23.4 Å². The molecule has 3 N–H and O–H groups in total. The van der Waals surface area contributed by atoms with Gasteiger partial charge in [0.15, 0.2) is 6.67 Å². The number of nitrogens with one attached hydrogen (secondary N) is 3. The van der Waals surface area contributed by atoms with Gasteiger partial charge in [-0.05, 0) is 19.9 Å². The van der Waals surface area contributed by atoms with E-state index in [0.717, 1.165) is 13.8 Å². The van der Waals surface area contributed by atoms with Gasteiger partial charge in [0.1, 0.15) is 17.0 Å². The highest BCUT2D eigenvalue weighted by atomic mass is 35.5. The lowest BCUT2D eigenvalue weighted by Crippen LogP contribution is -2.40. The van der Waals surface area contributed by atoms with Crippen LogP contribution in [-0.4, -0.2) is 52.9 Å². The third-order valence-corrected chi connectivity index (χ3v) is 3.91. The number of hydrogen-bond donors (Lipinski definition) is 3. The van der Waals surface area contributed by atoms with Crippen molar-refractivity contribution in [2.24, 2.45) is 0 Å². The highest BCUT2D eigenvalue weighted by Gasteiger charge is 2.38. The number of halogens is 7. The van der Waals surface area contributed by atoms with Crippen LogP contribution in [0.2, 0.25) is 0 Å². The predicted molar refractivity (Wildman–Crippen MR) is 98.8 cm³/mol. The topological polar surface area (TPSA) is 74.8 Å². The summed E-state index contributed by atoms with van der Waals surface area (Å²) in [5, 5.41) is 7.25. The lowest BCUT2D eigenvalue weighted by atomic mass is 10.2. The summed E-state index contributed by atoms with van der Waals surface area (Å²) >= 11 is 5.74. The molecular formula is C16H21ClF6N6. The van der Waals surface area contributed by atoms with Crippen molar-refractivity contribution in [2.75, 3.05) is 24.4 Å². The molecule has 0 aliphatic heterocycles. The van der Waals surface area contributed by atoms with Gasteiger partial charge in [-0.25, -0.2) is 13.2 Å². The first-order valence-corrected chi connectivity index (χ1v) is 8.75. The van der Waals surface area contributed by atoms with Crippen LogP contribution in [0.3, 0.4) is 0 Å². The molecule has 0 bridgehead atoms. The van der Waals surface area contributed by atoms with E-state index in [2.05, 4.69) is 30.9 Å². The Morgan fingerprint density at radius 2 is 1.59 bits per heavy atom. The first kappa shape index (κ1) is 24.8. The molecule has 1 heterocycles. The quantitative estimate of drug-likeness (QED) is 0.286. The van der Waals surface area contributed by atoms with Gasteiger partial charge in [-0.3, -0.25) is 0 Å². The number of hydrogen-bond acceptors (Lipinski definition) is 6. The van der Waals surface area contributed by atoms with Crippen LogP contribution in [0.5, 0.6) is 0 Å². The van der Waals surface area contributed by atoms with Crippen LogP contribution in [-0.2, 0) is 6.42 Å². The monoisotopic (exact) mass is 446 g/mol. The Kier molecular flexibility index (Phi) is 8.99. The summed E-state index contributed by atoms with van der Waals surface area (Å²) in [7, 11) is 1.60. The van der Waals surface area contributed by atoms with Gasteiger partial charge < -0.3 is 16.0 Å². The van der Waals surface area contributed by atoms with Crippen molar-refractivity contribution in [1.82, 2.24) is 20.3 Å². The van der Waals surface area contributed by atoms with Gasteiger partial charge in [0.2, 0.25) is 11.9 Å². The summed E-state index contributed by atoms with van der Waals surface area (Å²) in [5.41, 5.74) is 0. The van der Waals surface area contributed by atoms with E-state index < -0.39 is 42.8 Å². The number of aromatic nitrogens is 3. The molecule has 0 saturated heterocycles. The molecule has 6 nitrogen and oxygen atoms in total. The van der Waals surface area contributed by atoms with Crippen molar-refractivity contribution >= 4 is 23.5 Å². The average molecular weight is 447 g/mol. The molecule has 1 aromatic rings. The van der Waals surface area contributed by atoms with E-state index in [0.29, 0.717) is 5.16 Å². The van der Waals surface area contributed by atoms with Gasteiger partial charge in [0.05, 0.1) is 6.04 Å². The highest BCUT2D eigenvalue weighted by Crippen LogP contribution is 2.24. The van der Waals surface area contributed by atoms with Crippen molar-refractivity contribution in [3.8, 4) is 0 Å². The number of anilines is 2. The Balaban J connectivity index is 3.11. The molecule has 0 radical (unpaired) electrons. The molecule has 2 atom stereocenters. The van der Waals surface area contributed by atoms with Gasteiger partial charge >= 0.3 is 6.18 Å². The molecule has 13 heteroatoms. The Labute approximate surface area is 168 Å². The largest absolute Gasteiger partial charge is 0.408 e. The first-order chi connectivity index (χ1) is 13.4. The van der Waals surface area contributed by atoms with Crippen molar-refractivity contribution in [3.63, 3.8) is 0 Å². The molecule has 29 heavy (non-hydrogen) atoms. The van der Waals surface area contributed by atoms with E-state index in [1.807, 2.05) is 0 Å². The van der Waals surface area contributed by atoms with Crippen molar-refractivity contribution in [3.05, 3.63) is 29.2 Å². The van der Waals surface area contributed by atoms with Gasteiger partial charge in [-0.2, -0.15) is 28.1 Å². The van der Waals surface area contributed by atoms with E-state index in [-0.39, 0.29) is 12.2 Å². The molecule has 1 aromatic heterocycles. The minimum absolute atomic E-state index is 0.000342. The minimum Gasteiger partial charge on any atom is -0.379 e. The molecule has 1 rings (SSSR count). The lowest BCUT2D eigenvalue weighted by molar-refractivity contribution is -0.138. The Morgan fingerprint density at radius 1 is 1.03 bits per heavy atom. The number of rotatable bonds is 10. The highest BCUT2D eigenvalue weighted by molar-refractivity contribution is 6.29. The zero-order chi connectivity index (χ0) is 22.2. The summed E-state index contributed by atoms with van der Waals surface area (Å²) in [4.78, 5) is 11.4. The Hall–Kier alpha value is -2.24. The van der Waals surface area contributed by atoms with E-state index in [4.69, 9.17) is 11.6 Å². The summed E-state index contributed by atoms with van der Waals surface area (Å²) in [6.07, 6.45) is 0.0706. The third kappa shape index (κ3) is 8.34. The fraction of sp³-hybridized carbons (Fsp3) is 0.562. The molecule has 0 aliphatic carbocycles. The normalized spacial score (nSPS) is 15.3. The van der Waals surface area contributed by atoms with E-state index in [9.17, 15) is 26.3 Å². The second-order valence-electron chi connectivity index (χ2n) is 5.96. The molecule has 0 aliphatic rings. The van der Waals surface area contributed by atoms with E-state index in [1.54, 1.807) is 19.2 Å². The molecule has 164 valence electrons. The lowest BCUT2D eigenvalue weighted by Gasteiger charge is -2.22. The zero-order valence-electron chi connectivity index (χ0n) is 15.8. The standard InChI is InChI=1S/C16H21ClF6N6/c1-9(15(19,20)8-18)25-13-27-12(7-5-4-6-11(17)24-3)28-14(29-13)26-10(2)16(21,22)23/h4-6,9-10,24H,7-8H2,1-3H3,(H2,25,26,27,28,29)/b5-4-,11-6-/t9-,10-/m1/s1. The van der Waals surface area contributed by atoms with Crippen LogP contribution in [0.1, 0.15) is 19.7 Å². The summed E-state index contributed by atoms with van der Waals surface area (Å²) in [5.74, 6) is -4.59. The first-order valence-electron chi connectivity index (χ1n) is 8.37. The van der Waals surface area contributed by atoms with Crippen LogP contribution >= 0.6 is 11.6 Å². The van der Waals surface area contributed by atoms with E-state index in [1.165, 1.54) is 6.08 Å². The molecule has 0 saturated carbocycles. The predicted octanol–water partition coefficient (Wildman–Crippen LogP) is 4.04. The second kappa shape index (κ2) is 10.5. The number of nitrogens with zero attached hydrogens (tertiary/aromatic N) is 3. The third-order valence-electron chi connectivity index (χ3n) is 3.59.